The maximum absolute atomic E-state index is 12.4. The fraction of sp³-hybridized carbons (Fsp3) is 0.0800. The number of hydrazone groups is 1. The van der Waals surface area contributed by atoms with Crippen LogP contribution in [0.5, 0.6) is 17.2 Å². The number of hydrogen-bond donors (Lipinski definition) is 1. The van der Waals surface area contributed by atoms with Gasteiger partial charge in [-0.3, -0.25) is 4.79 Å². The zero-order chi connectivity index (χ0) is 24.5. The van der Waals surface area contributed by atoms with Crippen LogP contribution in [0.4, 0.5) is 0 Å². The number of carbonyl (C=O) groups is 2. The minimum absolute atomic E-state index is 0.207. The Kier molecular flexibility index (Phi) is 8.67. The third-order valence-electron chi connectivity index (χ3n) is 4.41. The number of esters is 1. The summed E-state index contributed by atoms with van der Waals surface area (Å²) in [6, 6.07) is 15.9. The predicted octanol–water partition coefficient (Wildman–Crippen LogP) is 5.55. The van der Waals surface area contributed by atoms with Gasteiger partial charge in [-0.15, -0.1) is 0 Å². The van der Waals surface area contributed by atoms with Crippen molar-refractivity contribution in [3.8, 4) is 17.2 Å². The van der Waals surface area contributed by atoms with Crippen LogP contribution in [0.2, 0.25) is 10.0 Å². The number of nitrogens with zero attached hydrogens (tertiary/aromatic N) is 1. The summed E-state index contributed by atoms with van der Waals surface area (Å²) >= 11 is 11.8. The lowest BCUT2D eigenvalue weighted by Gasteiger charge is -2.10. The van der Waals surface area contributed by atoms with Crippen molar-refractivity contribution in [1.82, 2.24) is 5.43 Å². The maximum Gasteiger partial charge on any atom is 0.343 e. The van der Waals surface area contributed by atoms with Gasteiger partial charge in [-0.25, -0.2) is 10.2 Å². The molecule has 0 radical (unpaired) electrons. The summed E-state index contributed by atoms with van der Waals surface area (Å²) in [5, 5.41) is 4.54. The van der Waals surface area contributed by atoms with E-state index in [1.807, 2.05) is 0 Å². The van der Waals surface area contributed by atoms with Gasteiger partial charge in [-0.1, -0.05) is 35.9 Å². The highest BCUT2D eigenvalue weighted by molar-refractivity contribution is 6.42. The molecule has 7 nitrogen and oxygen atoms in total. The van der Waals surface area contributed by atoms with Gasteiger partial charge >= 0.3 is 5.97 Å². The number of benzene rings is 3. The number of carbonyl (C=O) groups excluding carboxylic acids is 2. The van der Waals surface area contributed by atoms with E-state index in [1.54, 1.807) is 48.5 Å². The molecule has 0 heterocycles. The molecular weight excluding hydrogens is 479 g/mol. The number of rotatable bonds is 9. The van der Waals surface area contributed by atoms with Crippen LogP contribution in [-0.2, 0) is 0 Å². The van der Waals surface area contributed by atoms with Gasteiger partial charge in [0, 0.05) is 5.56 Å². The molecule has 0 aliphatic heterocycles. The normalized spacial score (nSPS) is 10.6. The number of amides is 1. The predicted molar refractivity (Wildman–Crippen MR) is 132 cm³/mol. The zero-order valence-corrected chi connectivity index (χ0v) is 19.6. The minimum Gasteiger partial charge on any atom is -0.493 e. The van der Waals surface area contributed by atoms with E-state index in [4.69, 9.17) is 37.4 Å². The Bertz CT molecular complexity index is 1230. The first-order valence-corrected chi connectivity index (χ1v) is 10.7. The summed E-state index contributed by atoms with van der Waals surface area (Å²) in [4.78, 5) is 24.7. The Morgan fingerprint density at radius 1 is 0.971 bits per heavy atom. The summed E-state index contributed by atoms with van der Waals surface area (Å²) < 4.78 is 16.1. The second-order valence-electron chi connectivity index (χ2n) is 6.75. The van der Waals surface area contributed by atoms with Crippen LogP contribution in [0.15, 0.2) is 78.4 Å². The molecule has 0 unspecified atom stereocenters. The smallest absolute Gasteiger partial charge is 0.343 e. The zero-order valence-electron chi connectivity index (χ0n) is 18.1. The molecule has 9 heteroatoms. The summed E-state index contributed by atoms with van der Waals surface area (Å²) in [5.41, 5.74) is 3.72. The number of ether oxygens (including phenoxy) is 3. The highest BCUT2D eigenvalue weighted by atomic mass is 35.5. The SMILES string of the molecule is C=CCOc1ccc(C(=O)N/N=C\c2ccc(OC(=O)c3ccc(Cl)c(Cl)c3)c(OC)c2)cc1. The molecule has 1 N–H and O–H groups in total. The van der Waals surface area contributed by atoms with E-state index in [0.717, 1.165) is 0 Å². The van der Waals surface area contributed by atoms with E-state index in [-0.39, 0.29) is 22.2 Å². The first-order chi connectivity index (χ1) is 16.4. The number of nitrogens with one attached hydrogen (secondary N) is 1. The van der Waals surface area contributed by atoms with Crippen LogP contribution in [0, 0.1) is 0 Å². The lowest BCUT2D eigenvalue weighted by atomic mass is 10.2. The van der Waals surface area contributed by atoms with Crippen molar-refractivity contribution < 1.29 is 23.8 Å². The Labute approximate surface area is 206 Å². The molecule has 0 aliphatic rings. The molecule has 0 fully saturated rings. The molecule has 0 atom stereocenters. The summed E-state index contributed by atoms with van der Waals surface area (Å²) in [7, 11) is 1.44. The van der Waals surface area contributed by atoms with Crippen molar-refractivity contribution >= 4 is 41.3 Å². The minimum atomic E-state index is -0.619. The van der Waals surface area contributed by atoms with Gasteiger partial charge in [-0.05, 0) is 66.2 Å². The average Bonchev–Trinajstić information content (AvgIpc) is 2.85. The second kappa shape index (κ2) is 11.9. The van der Waals surface area contributed by atoms with Gasteiger partial charge in [0.25, 0.3) is 5.91 Å². The lowest BCUT2D eigenvalue weighted by Crippen LogP contribution is -2.17. The van der Waals surface area contributed by atoms with Crippen molar-refractivity contribution in [1.29, 1.82) is 0 Å². The van der Waals surface area contributed by atoms with Crippen molar-refractivity contribution in [2.24, 2.45) is 5.10 Å². The molecule has 0 aliphatic carbocycles. The number of hydrogen-bond acceptors (Lipinski definition) is 6. The van der Waals surface area contributed by atoms with Crippen LogP contribution in [-0.4, -0.2) is 31.8 Å². The Morgan fingerprint density at radius 2 is 1.71 bits per heavy atom. The Morgan fingerprint density at radius 3 is 2.38 bits per heavy atom. The maximum atomic E-state index is 12.4. The van der Waals surface area contributed by atoms with Crippen LogP contribution >= 0.6 is 23.2 Å². The fourth-order valence-electron chi connectivity index (χ4n) is 2.72. The quantitative estimate of drug-likeness (QED) is 0.137. The van der Waals surface area contributed by atoms with Crippen molar-refractivity contribution in [2.75, 3.05) is 13.7 Å². The number of halogens is 2. The van der Waals surface area contributed by atoms with Crippen molar-refractivity contribution in [2.45, 2.75) is 0 Å². The summed E-state index contributed by atoms with van der Waals surface area (Å²) in [6.45, 7) is 3.96. The van der Waals surface area contributed by atoms with E-state index < -0.39 is 5.97 Å². The van der Waals surface area contributed by atoms with Crippen LogP contribution < -0.4 is 19.6 Å². The Balaban J connectivity index is 1.63. The molecule has 0 saturated carbocycles. The van der Waals surface area contributed by atoms with Gasteiger partial charge in [-0.2, -0.15) is 5.10 Å². The monoisotopic (exact) mass is 498 g/mol. The molecule has 34 heavy (non-hydrogen) atoms. The van der Waals surface area contributed by atoms with Gasteiger partial charge in [0.1, 0.15) is 12.4 Å². The second-order valence-corrected chi connectivity index (χ2v) is 7.57. The van der Waals surface area contributed by atoms with Crippen LogP contribution in [0.3, 0.4) is 0 Å². The largest absolute Gasteiger partial charge is 0.493 e. The third-order valence-corrected chi connectivity index (χ3v) is 5.15. The van der Waals surface area contributed by atoms with Crippen LogP contribution in [0.25, 0.3) is 0 Å². The lowest BCUT2D eigenvalue weighted by molar-refractivity contribution is 0.0729. The van der Waals surface area contributed by atoms with Gasteiger partial charge in [0.05, 0.1) is 28.9 Å². The van der Waals surface area contributed by atoms with Gasteiger partial charge < -0.3 is 14.2 Å². The molecule has 1 amide bonds. The van der Waals surface area contributed by atoms with E-state index in [2.05, 4.69) is 17.1 Å². The van der Waals surface area contributed by atoms with Gasteiger partial charge in [0.15, 0.2) is 11.5 Å². The van der Waals surface area contributed by atoms with E-state index in [0.29, 0.717) is 34.3 Å². The summed E-state index contributed by atoms with van der Waals surface area (Å²) in [6.07, 6.45) is 3.07. The fourth-order valence-corrected chi connectivity index (χ4v) is 3.02. The van der Waals surface area contributed by atoms with Crippen molar-refractivity contribution in [3.05, 3.63) is 100 Å². The molecule has 174 valence electrons. The van der Waals surface area contributed by atoms with Crippen molar-refractivity contribution in [3.63, 3.8) is 0 Å². The molecule has 0 aromatic heterocycles. The van der Waals surface area contributed by atoms with E-state index in [9.17, 15) is 9.59 Å². The average molecular weight is 499 g/mol. The molecule has 3 aromatic rings. The van der Waals surface area contributed by atoms with E-state index in [1.165, 1.54) is 31.5 Å². The molecule has 3 rings (SSSR count). The highest BCUT2D eigenvalue weighted by Gasteiger charge is 2.14. The molecule has 0 spiro atoms. The molecule has 3 aromatic carbocycles. The van der Waals surface area contributed by atoms with Gasteiger partial charge in [0.2, 0.25) is 0 Å². The van der Waals surface area contributed by atoms with E-state index >= 15 is 0 Å². The van der Waals surface area contributed by atoms with Crippen LogP contribution in [0.1, 0.15) is 26.3 Å². The first kappa shape index (κ1) is 24.8. The summed E-state index contributed by atoms with van der Waals surface area (Å²) in [5.74, 6) is 0.140. The first-order valence-electron chi connectivity index (χ1n) is 9.93. The third kappa shape index (κ3) is 6.60. The molecule has 0 bridgehead atoms. The molecular formula is C25H20Cl2N2O5. The number of methoxy groups -OCH3 is 1. The molecule has 0 saturated heterocycles. The standard InChI is InChI=1S/C25H20Cl2N2O5/c1-3-12-33-19-8-5-17(6-9-19)24(30)29-28-15-16-4-11-22(23(13-16)32-2)34-25(31)18-7-10-20(26)21(27)14-18/h3-11,13-15H,1,12H2,2H3,(H,29,30)/b28-15-. The topological polar surface area (TPSA) is 86.2 Å². The highest BCUT2D eigenvalue weighted by Crippen LogP contribution is 2.29. The Hall–Kier alpha value is -3.81.